The van der Waals surface area contributed by atoms with Crippen molar-refractivity contribution in [1.82, 2.24) is 0 Å². The molecule has 84 valence electrons. The SMILES string of the molecule is CCC(C)C(N)CSc1ccccc1Cl. The van der Waals surface area contributed by atoms with E-state index in [4.69, 9.17) is 17.3 Å². The van der Waals surface area contributed by atoms with Crippen molar-refractivity contribution in [3.8, 4) is 0 Å². The molecule has 1 nitrogen and oxygen atoms in total. The van der Waals surface area contributed by atoms with Gasteiger partial charge >= 0.3 is 0 Å². The van der Waals surface area contributed by atoms with E-state index in [1.165, 1.54) is 0 Å². The van der Waals surface area contributed by atoms with E-state index in [9.17, 15) is 0 Å². The van der Waals surface area contributed by atoms with Crippen molar-refractivity contribution in [3.05, 3.63) is 29.3 Å². The summed E-state index contributed by atoms with van der Waals surface area (Å²) in [5, 5.41) is 0.818. The standard InChI is InChI=1S/C12H18ClNS/c1-3-9(2)11(14)8-15-12-7-5-4-6-10(12)13/h4-7,9,11H,3,8,14H2,1-2H3. The smallest absolute Gasteiger partial charge is 0.0541 e. The predicted molar refractivity (Wildman–Crippen MR) is 69.6 cm³/mol. The minimum Gasteiger partial charge on any atom is -0.327 e. The van der Waals surface area contributed by atoms with Crippen LogP contribution in [0.1, 0.15) is 20.3 Å². The molecule has 1 aromatic carbocycles. The highest BCUT2D eigenvalue weighted by Gasteiger charge is 2.11. The molecule has 2 N–H and O–H groups in total. The second kappa shape index (κ2) is 6.41. The van der Waals surface area contributed by atoms with Crippen LogP contribution in [0.25, 0.3) is 0 Å². The van der Waals surface area contributed by atoms with E-state index < -0.39 is 0 Å². The molecular weight excluding hydrogens is 226 g/mol. The highest BCUT2D eigenvalue weighted by atomic mass is 35.5. The third-order valence-electron chi connectivity index (χ3n) is 2.64. The van der Waals surface area contributed by atoms with Gasteiger partial charge in [0.15, 0.2) is 0 Å². The first-order valence-corrected chi connectivity index (χ1v) is 6.64. The molecule has 15 heavy (non-hydrogen) atoms. The first-order chi connectivity index (χ1) is 7.15. The Kier molecular flexibility index (Phi) is 5.51. The molecule has 0 amide bonds. The van der Waals surface area contributed by atoms with E-state index >= 15 is 0 Å². The Morgan fingerprint density at radius 2 is 2.07 bits per heavy atom. The Labute approximate surface area is 101 Å². The molecule has 0 aliphatic carbocycles. The zero-order valence-corrected chi connectivity index (χ0v) is 10.8. The minimum atomic E-state index is 0.247. The molecule has 0 aromatic heterocycles. The summed E-state index contributed by atoms with van der Waals surface area (Å²) in [4.78, 5) is 1.12. The van der Waals surface area contributed by atoms with Crippen molar-refractivity contribution in [3.63, 3.8) is 0 Å². The van der Waals surface area contributed by atoms with Crippen LogP contribution in [-0.2, 0) is 0 Å². The molecule has 0 radical (unpaired) electrons. The fraction of sp³-hybridized carbons (Fsp3) is 0.500. The van der Waals surface area contributed by atoms with Gasteiger partial charge < -0.3 is 5.73 Å². The second-order valence-electron chi connectivity index (χ2n) is 3.79. The molecule has 1 rings (SSSR count). The van der Waals surface area contributed by atoms with E-state index in [-0.39, 0.29) is 6.04 Å². The van der Waals surface area contributed by atoms with Crippen LogP contribution in [0.5, 0.6) is 0 Å². The summed E-state index contributed by atoms with van der Waals surface area (Å²) in [5.74, 6) is 1.50. The molecule has 0 spiro atoms. The van der Waals surface area contributed by atoms with E-state index in [2.05, 4.69) is 13.8 Å². The highest BCUT2D eigenvalue weighted by molar-refractivity contribution is 7.99. The Bertz CT molecular complexity index is 303. The van der Waals surface area contributed by atoms with Gasteiger partial charge in [-0.1, -0.05) is 44.0 Å². The molecule has 1 aromatic rings. The third kappa shape index (κ3) is 4.06. The maximum Gasteiger partial charge on any atom is 0.0541 e. The Morgan fingerprint density at radius 1 is 1.40 bits per heavy atom. The van der Waals surface area contributed by atoms with Gasteiger partial charge in [0.1, 0.15) is 0 Å². The summed E-state index contributed by atoms with van der Waals surface area (Å²) >= 11 is 7.80. The van der Waals surface area contributed by atoms with Gasteiger partial charge in [0.2, 0.25) is 0 Å². The number of hydrogen-bond acceptors (Lipinski definition) is 2. The number of nitrogens with two attached hydrogens (primary N) is 1. The van der Waals surface area contributed by atoms with Gasteiger partial charge in [0.05, 0.1) is 5.02 Å². The number of hydrogen-bond donors (Lipinski definition) is 1. The van der Waals surface area contributed by atoms with E-state index in [0.717, 1.165) is 22.1 Å². The summed E-state index contributed by atoms with van der Waals surface area (Å²) in [6.07, 6.45) is 1.13. The lowest BCUT2D eigenvalue weighted by Gasteiger charge is -2.17. The maximum absolute atomic E-state index is 6.06. The number of thioether (sulfide) groups is 1. The van der Waals surface area contributed by atoms with E-state index in [1.807, 2.05) is 24.3 Å². The van der Waals surface area contributed by atoms with Crippen LogP contribution in [-0.4, -0.2) is 11.8 Å². The monoisotopic (exact) mass is 243 g/mol. The lowest BCUT2D eigenvalue weighted by molar-refractivity contribution is 0.475. The van der Waals surface area contributed by atoms with Crippen LogP contribution in [0, 0.1) is 5.92 Å². The van der Waals surface area contributed by atoms with Crippen LogP contribution >= 0.6 is 23.4 Å². The van der Waals surface area contributed by atoms with Gasteiger partial charge in [0.25, 0.3) is 0 Å². The van der Waals surface area contributed by atoms with Crippen LogP contribution < -0.4 is 5.73 Å². The molecule has 3 heteroatoms. The molecule has 0 saturated heterocycles. The van der Waals surface area contributed by atoms with E-state index in [0.29, 0.717) is 5.92 Å². The molecular formula is C12H18ClNS. The molecule has 2 atom stereocenters. The highest BCUT2D eigenvalue weighted by Crippen LogP contribution is 2.27. The van der Waals surface area contributed by atoms with Crippen LogP contribution in [0.4, 0.5) is 0 Å². The normalized spacial score (nSPS) is 14.9. The average Bonchev–Trinajstić information content (AvgIpc) is 2.26. The third-order valence-corrected chi connectivity index (χ3v) is 4.30. The molecule has 0 aliphatic rings. The largest absolute Gasteiger partial charge is 0.327 e. The quantitative estimate of drug-likeness (QED) is 0.796. The Hall–Kier alpha value is -0.180. The van der Waals surface area contributed by atoms with Gasteiger partial charge in [-0.2, -0.15) is 0 Å². The van der Waals surface area contributed by atoms with E-state index in [1.54, 1.807) is 11.8 Å². The second-order valence-corrected chi connectivity index (χ2v) is 5.26. The molecule has 0 saturated carbocycles. The Balaban J connectivity index is 2.47. The fourth-order valence-corrected chi connectivity index (χ4v) is 2.60. The first kappa shape index (κ1) is 12.9. The van der Waals surface area contributed by atoms with Gasteiger partial charge in [0, 0.05) is 16.7 Å². The van der Waals surface area contributed by atoms with Crippen molar-refractivity contribution in [2.24, 2.45) is 11.7 Å². The van der Waals surface area contributed by atoms with Gasteiger partial charge in [-0.3, -0.25) is 0 Å². The van der Waals surface area contributed by atoms with Crippen LogP contribution in [0.15, 0.2) is 29.2 Å². The Morgan fingerprint density at radius 3 is 2.67 bits per heavy atom. The zero-order valence-electron chi connectivity index (χ0n) is 9.24. The number of benzene rings is 1. The van der Waals surface area contributed by atoms with Gasteiger partial charge in [-0.25, -0.2) is 0 Å². The van der Waals surface area contributed by atoms with Gasteiger partial charge in [-0.05, 0) is 18.1 Å². The lowest BCUT2D eigenvalue weighted by Crippen LogP contribution is -2.30. The summed E-state index contributed by atoms with van der Waals surface area (Å²) in [6.45, 7) is 4.36. The minimum absolute atomic E-state index is 0.247. The summed E-state index contributed by atoms with van der Waals surface area (Å²) in [7, 11) is 0. The topological polar surface area (TPSA) is 26.0 Å². The van der Waals surface area contributed by atoms with Crippen molar-refractivity contribution >= 4 is 23.4 Å². The van der Waals surface area contributed by atoms with Crippen molar-refractivity contribution in [2.75, 3.05) is 5.75 Å². The molecule has 0 bridgehead atoms. The maximum atomic E-state index is 6.06. The molecule has 2 unspecified atom stereocenters. The van der Waals surface area contributed by atoms with Gasteiger partial charge in [-0.15, -0.1) is 11.8 Å². The summed E-state index contributed by atoms with van der Waals surface area (Å²) in [6, 6.07) is 8.15. The summed E-state index contributed by atoms with van der Waals surface area (Å²) in [5.41, 5.74) is 6.06. The molecule has 0 heterocycles. The fourth-order valence-electron chi connectivity index (χ4n) is 1.21. The van der Waals surface area contributed by atoms with Crippen LogP contribution in [0.3, 0.4) is 0 Å². The predicted octanol–water partition coefficient (Wildman–Crippen LogP) is 3.81. The number of rotatable bonds is 5. The zero-order chi connectivity index (χ0) is 11.3. The molecule has 0 aliphatic heterocycles. The molecule has 0 fully saturated rings. The van der Waals surface area contributed by atoms with Crippen molar-refractivity contribution < 1.29 is 0 Å². The summed E-state index contributed by atoms with van der Waals surface area (Å²) < 4.78 is 0. The first-order valence-electron chi connectivity index (χ1n) is 5.28. The average molecular weight is 244 g/mol. The lowest BCUT2D eigenvalue weighted by atomic mass is 10.0. The number of halogens is 1. The van der Waals surface area contributed by atoms with Crippen molar-refractivity contribution in [2.45, 2.75) is 31.2 Å². The van der Waals surface area contributed by atoms with Crippen molar-refractivity contribution in [1.29, 1.82) is 0 Å². The van der Waals surface area contributed by atoms with Crippen LogP contribution in [0.2, 0.25) is 5.02 Å².